The molecule has 0 amide bonds. The summed E-state index contributed by atoms with van der Waals surface area (Å²) in [7, 11) is 0. The van der Waals surface area contributed by atoms with Gasteiger partial charge >= 0.3 is 0 Å². The third kappa shape index (κ3) is 4.72. The predicted molar refractivity (Wildman–Crippen MR) is 209 cm³/mol. The van der Waals surface area contributed by atoms with Gasteiger partial charge in [-0.15, -0.1) is 11.3 Å². The first kappa shape index (κ1) is 28.0. The highest BCUT2D eigenvalue weighted by molar-refractivity contribution is 7.25. The van der Waals surface area contributed by atoms with Crippen molar-refractivity contribution in [2.24, 2.45) is 9.98 Å². The molecule has 0 saturated heterocycles. The molecule has 1 N–H and O–H groups in total. The van der Waals surface area contributed by atoms with E-state index in [1.54, 1.807) is 0 Å². The maximum absolute atomic E-state index is 5.18. The number of benzene rings is 8. The molecule has 1 aromatic heterocycles. The third-order valence-corrected chi connectivity index (χ3v) is 10.8. The van der Waals surface area contributed by atoms with Crippen molar-refractivity contribution in [2.45, 2.75) is 6.17 Å². The lowest BCUT2D eigenvalue weighted by Gasteiger charge is -2.24. The Balaban J connectivity index is 1.09. The minimum Gasteiger partial charge on any atom is -0.344 e. The zero-order valence-corrected chi connectivity index (χ0v) is 27.3. The lowest BCUT2D eigenvalue weighted by atomic mass is 9.92. The molecule has 0 aliphatic carbocycles. The molecule has 0 fully saturated rings. The molecule has 8 aromatic carbocycles. The Morgan fingerprint density at radius 1 is 0.408 bits per heavy atom. The summed E-state index contributed by atoms with van der Waals surface area (Å²) in [5, 5.41) is 13.9. The summed E-state index contributed by atoms with van der Waals surface area (Å²) >= 11 is 1.82. The lowest BCUT2D eigenvalue weighted by Crippen LogP contribution is -2.33. The average molecular weight is 644 g/mol. The van der Waals surface area contributed by atoms with Crippen LogP contribution in [0.4, 0.5) is 0 Å². The first-order valence-electron chi connectivity index (χ1n) is 16.6. The van der Waals surface area contributed by atoms with Gasteiger partial charge < -0.3 is 5.32 Å². The molecule has 0 bridgehead atoms. The van der Waals surface area contributed by atoms with Gasteiger partial charge in [0, 0.05) is 31.3 Å². The van der Waals surface area contributed by atoms with Crippen LogP contribution in [0.25, 0.3) is 63.6 Å². The molecule has 1 atom stereocenters. The van der Waals surface area contributed by atoms with Gasteiger partial charge in [-0.25, -0.2) is 9.98 Å². The van der Waals surface area contributed by atoms with E-state index in [2.05, 4.69) is 163 Å². The van der Waals surface area contributed by atoms with E-state index in [1.165, 1.54) is 58.1 Å². The number of nitrogens with one attached hydrogen (secondary N) is 1. The number of amidine groups is 2. The molecule has 1 aliphatic heterocycles. The topological polar surface area (TPSA) is 36.8 Å². The molecule has 10 rings (SSSR count). The molecule has 2 heterocycles. The Morgan fingerprint density at radius 3 is 1.76 bits per heavy atom. The first-order chi connectivity index (χ1) is 24.3. The molecule has 1 unspecified atom stereocenters. The van der Waals surface area contributed by atoms with Crippen LogP contribution in [-0.4, -0.2) is 11.7 Å². The fourth-order valence-corrected chi connectivity index (χ4v) is 8.47. The molecular weight excluding hydrogens is 615 g/mol. The summed E-state index contributed by atoms with van der Waals surface area (Å²) < 4.78 is 2.53. The third-order valence-electron chi connectivity index (χ3n) is 9.71. The highest BCUT2D eigenvalue weighted by Crippen LogP contribution is 2.38. The Labute approximate surface area is 287 Å². The number of thiophene rings is 1. The smallest absolute Gasteiger partial charge is 0.159 e. The molecular formula is C45H29N3S. The zero-order chi connectivity index (χ0) is 32.3. The van der Waals surface area contributed by atoms with Crippen LogP contribution >= 0.6 is 11.3 Å². The van der Waals surface area contributed by atoms with E-state index in [0.29, 0.717) is 0 Å². The summed E-state index contributed by atoms with van der Waals surface area (Å²) in [5.74, 6) is 1.55. The second kappa shape index (κ2) is 11.3. The summed E-state index contributed by atoms with van der Waals surface area (Å²) in [5.41, 5.74) is 5.46. The summed E-state index contributed by atoms with van der Waals surface area (Å²) in [6, 6.07) is 58.7. The maximum atomic E-state index is 5.18. The normalized spacial score (nSPS) is 14.7. The van der Waals surface area contributed by atoms with Crippen molar-refractivity contribution in [1.29, 1.82) is 0 Å². The highest BCUT2D eigenvalue weighted by Gasteiger charge is 2.22. The minimum absolute atomic E-state index is 0.259. The Hall–Kier alpha value is -6.10. The number of rotatable bonds is 4. The second-order valence-corrected chi connectivity index (χ2v) is 13.7. The van der Waals surface area contributed by atoms with Gasteiger partial charge in [-0.2, -0.15) is 0 Å². The van der Waals surface area contributed by atoms with Crippen molar-refractivity contribution >= 4 is 75.5 Å². The second-order valence-electron chi connectivity index (χ2n) is 12.6. The van der Waals surface area contributed by atoms with Gasteiger partial charge in [0.15, 0.2) is 5.84 Å². The monoisotopic (exact) mass is 643 g/mol. The average Bonchev–Trinajstić information content (AvgIpc) is 3.56. The van der Waals surface area contributed by atoms with Crippen molar-refractivity contribution in [3.63, 3.8) is 0 Å². The lowest BCUT2D eigenvalue weighted by molar-refractivity contribution is 0.674. The molecule has 0 spiro atoms. The number of aliphatic imine (C=N–C) groups is 2. The first-order valence-corrected chi connectivity index (χ1v) is 17.4. The number of nitrogens with zero attached hydrogens (tertiary/aromatic N) is 2. The van der Waals surface area contributed by atoms with E-state index in [4.69, 9.17) is 9.98 Å². The van der Waals surface area contributed by atoms with Crippen LogP contribution in [0.1, 0.15) is 22.9 Å². The van der Waals surface area contributed by atoms with Gasteiger partial charge in [0.2, 0.25) is 0 Å². The van der Waals surface area contributed by atoms with Gasteiger partial charge in [-0.1, -0.05) is 140 Å². The standard InChI is InChI=1S/C45H29N3S/c1-2-11-28(12-3-1)43-46-44(48-45(47-43)32-22-24-39-38-19-8-9-20-41(38)49-42(39)27-32)31-14-10-13-29(25-31)30-21-23-37-35-17-5-4-15-33(35)34-16-6-7-18-36(34)40(37)26-30/h1-27,43H,(H,46,47,48). The van der Waals surface area contributed by atoms with Gasteiger partial charge in [-0.3, -0.25) is 0 Å². The fraction of sp³-hybridized carbons (Fsp3) is 0.0222. The Bertz CT molecular complexity index is 2770. The predicted octanol–water partition coefficient (Wildman–Crippen LogP) is 11.7. The molecule has 0 saturated carbocycles. The van der Waals surface area contributed by atoms with Crippen molar-refractivity contribution < 1.29 is 0 Å². The van der Waals surface area contributed by atoms with Crippen LogP contribution in [0, 0.1) is 0 Å². The van der Waals surface area contributed by atoms with E-state index in [9.17, 15) is 0 Å². The minimum atomic E-state index is -0.259. The molecule has 0 radical (unpaired) electrons. The Morgan fingerprint density at radius 2 is 0.980 bits per heavy atom. The van der Waals surface area contributed by atoms with E-state index in [1.807, 2.05) is 17.4 Å². The van der Waals surface area contributed by atoms with Crippen molar-refractivity contribution in [2.75, 3.05) is 0 Å². The fourth-order valence-electron chi connectivity index (χ4n) is 7.33. The highest BCUT2D eigenvalue weighted by atomic mass is 32.1. The number of hydrogen-bond acceptors (Lipinski definition) is 4. The molecule has 3 nitrogen and oxygen atoms in total. The van der Waals surface area contributed by atoms with Crippen LogP contribution in [0.5, 0.6) is 0 Å². The largest absolute Gasteiger partial charge is 0.344 e. The molecule has 1 aliphatic rings. The van der Waals surface area contributed by atoms with Gasteiger partial charge in [0.25, 0.3) is 0 Å². The van der Waals surface area contributed by atoms with Crippen molar-refractivity contribution in [3.8, 4) is 11.1 Å². The van der Waals surface area contributed by atoms with Crippen LogP contribution in [-0.2, 0) is 0 Å². The van der Waals surface area contributed by atoms with Gasteiger partial charge in [-0.05, 0) is 73.3 Å². The SMILES string of the molecule is c1ccc(C2N=C(c3ccc4c(c3)sc3ccccc34)N=C(c3cccc(-c4ccc5c6ccccc6c6ccccc6c5c4)c3)N2)cc1. The number of fused-ring (bicyclic) bond motifs is 9. The van der Waals surface area contributed by atoms with Gasteiger partial charge in [0.1, 0.15) is 12.0 Å². The quantitative estimate of drug-likeness (QED) is 0.190. The van der Waals surface area contributed by atoms with E-state index < -0.39 is 0 Å². The van der Waals surface area contributed by atoms with E-state index in [-0.39, 0.29) is 6.17 Å². The zero-order valence-electron chi connectivity index (χ0n) is 26.5. The van der Waals surface area contributed by atoms with Crippen molar-refractivity contribution in [3.05, 3.63) is 180 Å². The molecule has 230 valence electrons. The molecule has 9 aromatic rings. The summed E-state index contributed by atoms with van der Waals surface area (Å²) in [6.07, 6.45) is -0.259. The molecule has 49 heavy (non-hydrogen) atoms. The van der Waals surface area contributed by atoms with Crippen LogP contribution in [0.3, 0.4) is 0 Å². The maximum Gasteiger partial charge on any atom is 0.159 e. The molecule has 4 heteroatoms. The van der Waals surface area contributed by atoms with Crippen LogP contribution in [0.15, 0.2) is 174 Å². The summed E-state index contributed by atoms with van der Waals surface area (Å²) in [4.78, 5) is 10.3. The van der Waals surface area contributed by atoms with Crippen molar-refractivity contribution in [1.82, 2.24) is 5.32 Å². The van der Waals surface area contributed by atoms with E-state index in [0.717, 1.165) is 33.9 Å². The Kier molecular flexibility index (Phi) is 6.42. The van der Waals surface area contributed by atoms with Crippen LogP contribution in [0.2, 0.25) is 0 Å². The van der Waals surface area contributed by atoms with E-state index >= 15 is 0 Å². The summed E-state index contributed by atoms with van der Waals surface area (Å²) in [6.45, 7) is 0. The van der Waals surface area contributed by atoms with Gasteiger partial charge in [0.05, 0.1) is 0 Å². The number of hydrogen-bond donors (Lipinski definition) is 1. The van der Waals surface area contributed by atoms with Crippen LogP contribution < -0.4 is 5.32 Å².